The van der Waals surface area contributed by atoms with Crippen LogP contribution in [-0.4, -0.2) is 26.1 Å². The van der Waals surface area contributed by atoms with Crippen molar-refractivity contribution in [2.24, 2.45) is 0 Å². The minimum absolute atomic E-state index is 0.698. The van der Waals surface area contributed by atoms with Crippen molar-refractivity contribution >= 4 is 17.1 Å². The zero-order chi connectivity index (χ0) is 12.8. The van der Waals surface area contributed by atoms with Gasteiger partial charge in [0.1, 0.15) is 0 Å². The molecule has 0 bridgehead atoms. The van der Waals surface area contributed by atoms with Crippen LogP contribution in [0.3, 0.4) is 0 Å². The number of hydrogen-bond donors (Lipinski definition) is 1. The summed E-state index contributed by atoms with van der Waals surface area (Å²) in [4.78, 5) is 10.1. The number of aromatic nitrogens is 4. The first kappa shape index (κ1) is 11.1. The molecule has 3 aromatic heterocycles. The molecule has 1 aliphatic rings. The van der Waals surface area contributed by atoms with E-state index in [1.54, 1.807) is 11.3 Å². The van der Waals surface area contributed by atoms with E-state index in [1.807, 2.05) is 10.7 Å². The molecule has 0 radical (unpaired) electrons. The van der Waals surface area contributed by atoms with Gasteiger partial charge < -0.3 is 5.32 Å². The van der Waals surface area contributed by atoms with Gasteiger partial charge in [-0.05, 0) is 23.9 Å². The third kappa shape index (κ3) is 1.67. The minimum Gasteiger partial charge on any atom is -0.312 e. The lowest BCUT2D eigenvalue weighted by Gasteiger charge is -2.16. The van der Waals surface area contributed by atoms with E-state index in [1.165, 1.54) is 16.8 Å². The maximum Gasteiger partial charge on any atom is 0.252 e. The van der Waals surface area contributed by atoms with Gasteiger partial charge in [-0.15, -0.1) is 16.4 Å². The summed E-state index contributed by atoms with van der Waals surface area (Å²) in [6, 6.07) is 2.10. The molecular weight excluding hydrogens is 258 g/mol. The van der Waals surface area contributed by atoms with Gasteiger partial charge in [0.25, 0.3) is 5.78 Å². The number of fused-ring (bicyclic) bond motifs is 3. The minimum atomic E-state index is 0.698. The SMILES string of the molecule is Cc1ccsc1-c1nc2ncc3c(n2n1)CCNC3. The highest BCUT2D eigenvalue weighted by Gasteiger charge is 2.17. The second kappa shape index (κ2) is 4.11. The van der Waals surface area contributed by atoms with Crippen molar-refractivity contribution in [1.29, 1.82) is 0 Å². The van der Waals surface area contributed by atoms with Crippen molar-refractivity contribution < 1.29 is 0 Å². The Bertz CT molecular complexity index is 758. The van der Waals surface area contributed by atoms with Crippen LogP contribution in [0.15, 0.2) is 17.6 Å². The van der Waals surface area contributed by atoms with Crippen molar-refractivity contribution in [3.63, 3.8) is 0 Å². The lowest BCUT2D eigenvalue weighted by atomic mass is 10.1. The van der Waals surface area contributed by atoms with Gasteiger partial charge in [-0.25, -0.2) is 9.50 Å². The van der Waals surface area contributed by atoms with Crippen LogP contribution < -0.4 is 5.32 Å². The van der Waals surface area contributed by atoms with Gasteiger partial charge in [0, 0.05) is 31.3 Å². The molecule has 1 N–H and O–H groups in total. The molecule has 6 heteroatoms. The van der Waals surface area contributed by atoms with Gasteiger partial charge >= 0.3 is 0 Å². The molecular formula is C13H13N5S. The molecule has 0 saturated carbocycles. The van der Waals surface area contributed by atoms with Crippen LogP contribution in [0.4, 0.5) is 0 Å². The Kier molecular flexibility index (Phi) is 2.39. The highest BCUT2D eigenvalue weighted by atomic mass is 32.1. The zero-order valence-corrected chi connectivity index (χ0v) is 11.4. The summed E-state index contributed by atoms with van der Waals surface area (Å²) in [5.41, 5.74) is 3.67. The average Bonchev–Trinajstić information content (AvgIpc) is 3.04. The Morgan fingerprint density at radius 2 is 2.37 bits per heavy atom. The largest absolute Gasteiger partial charge is 0.312 e. The molecule has 0 atom stereocenters. The number of nitrogens with zero attached hydrogens (tertiary/aromatic N) is 4. The molecule has 0 amide bonds. The predicted octanol–water partition coefficient (Wildman–Crippen LogP) is 1.81. The summed E-state index contributed by atoms with van der Waals surface area (Å²) in [6.45, 7) is 3.94. The Hall–Kier alpha value is -1.79. The normalized spacial score (nSPS) is 14.8. The standard InChI is InChI=1S/C13H13N5S/c1-8-3-5-19-11(8)12-16-13-15-7-9-6-14-4-2-10(9)18(13)17-12/h3,5,7,14H,2,4,6H2,1H3. The Balaban J connectivity index is 1.94. The van der Waals surface area contributed by atoms with E-state index in [9.17, 15) is 0 Å². The van der Waals surface area contributed by atoms with Crippen LogP contribution in [0.5, 0.6) is 0 Å². The molecule has 4 heterocycles. The van der Waals surface area contributed by atoms with Crippen LogP contribution in [0.2, 0.25) is 0 Å². The first-order chi connectivity index (χ1) is 9.33. The summed E-state index contributed by atoms with van der Waals surface area (Å²) in [7, 11) is 0. The van der Waals surface area contributed by atoms with Gasteiger partial charge in [0.2, 0.25) is 0 Å². The number of hydrogen-bond acceptors (Lipinski definition) is 5. The van der Waals surface area contributed by atoms with Gasteiger partial charge in [-0.1, -0.05) is 0 Å². The predicted molar refractivity (Wildman–Crippen MR) is 74.2 cm³/mol. The van der Waals surface area contributed by atoms with Crippen molar-refractivity contribution in [3.8, 4) is 10.7 Å². The molecule has 4 rings (SSSR count). The second-order valence-corrected chi connectivity index (χ2v) is 5.65. The first-order valence-electron chi connectivity index (χ1n) is 6.31. The molecule has 96 valence electrons. The van der Waals surface area contributed by atoms with Gasteiger partial charge in [-0.3, -0.25) is 0 Å². The van der Waals surface area contributed by atoms with Crippen molar-refractivity contribution in [2.45, 2.75) is 19.9 Å². The van der Waals surface area contributed by atoms with E-state index in [4.69, 9.17) is 0 Å². The summed E-state index contributed by atoms with van der Waals surface area (Å²) in [5.74, 6) is 1.48. The fourth-order valence-electron chi connectivity index (χ4n) is 2.46. The molecule has 0 aromatic carbocycles. The summed E-state index contributed by atoms with van der Waals surface area (Å²) < 4.78 is 1.91. The van der Waals surface area contributed by atoms with E-state index in [0.717, 1.165) is 30.2 Å². The maximum absolute atomic E-state index is 4.66. The molecule has 19 heavy (non-hydrogen) atoms. The van der Waals surface area contributed by atoms with Crippen molar-refractivity contribution in [3.05, 3.63) is 34.5 Å². The van der Waals surface area contributed by atoms with E-state index >= 15 is 0 Å². The topological polar surface area (TPSA) is 55.1 Å². The first-order valence-corrected chi connectivity index (χ1v) is 7.19. The van der Waals surface area contributed by atoms with Crippen LogP contribution in [0.25, 0.3) is 16.5 Å². The summed E-state index contributed by atoms with van der Waals surface area (Å²) in [6.07, 6.45) is 2.89. The smallest absolute Gasteiger partial charge is 0.252 e. The zero-order valence-electron chi connectivity index (χ0n) is 10.6. The molecule has 0 aliphatic carbocycles. The Labute approximate surface area is 114 Å². The summed E-state index contributed by atoms with van der Waals surface area (Å²) in [5, 5.41) is 10.1. The Morgan fingerprint density at radius 1 is 1.42 bits per heavy atom. The maximum atomic E-state index is 4.66. The number of rotatable bonds is 1. The quantitative estimate of drug-likeness (QED) is 0.733. The van der Waals surface area contributed by atoms with Crippen LogP contribution in [0, 0.1) is 6.92 Å². The van der Waals surface area contributed by atoms with Crippen molar-refractivity contribution in [2.75, 3.05) is 6.54 Å². The molecule has 5 nitrogen and oxygen atoms in total. The van der Waals surface area contributed by atoms with Crippen LogP contribution in [-0.2, 0) is 13.0 Å². The molecule has 3 aromatic rings. The monoisotopic (exact) mass is 271 g/mol. The van der Waals surface area contributed by atoms with E-state index in [0.29, 0.717) is 5.78 Å². The van der Waals surface area contributed by atoms with Gasteiger partial charge in [-0.2, -0.15) is 4.98 Å². The average molecular weight is 271 g/mol. The fourth-order valence-corrected chi connectivity index (χ4v) is 3.31. The van der Waals surface area contributed by atoms with Crippen LogP contribution >= 0.6 is 11.3 Å². The molecule has 0 saturated heterocycles. The number of nitrogens with one attached hydrogen (secondary N) is 1. The molecule has 0 spiro atoms. The number of thiophene rings is 1. The Morgan fingerprint density at radius 3 is 3.21 bits per heavy atom. The van der Waals surface area contributed by atoms with E-state index in [-0.39, 0.29) is 0 Å². The third-order valence-electron chi connectivity index (χ3n) is 3.47. The molecule has 1 aliphatic heterocycles. The van der Waals surface area contributed by atoms with Crippen LogP contribution in [0.1, 0.15) is 16.8 Å². The number of aryl methyl sites for hydroxylation is 1. The molecule has 0 unspecified atom stereocenters. The highest BCUT2D eigenvalue weighted by molar-refractivity contribution is 7.13. The lowest BCUT2D eigenvalue weighted by Crippen LogP contribution is -2.26. The third-order valence-corrected chi connectivity index (χ3v) is 4.48. The van der Waals surface area contributed by atoms with Gasteiger partial charge in [0.15, 0.2) is 5.82 Å². The van der Waals surface area contributed by atoms with Gasteiger partial charge in [0.05, 0.1) is 10.6 Å². The van der Waals surface area contributed by atoms with Crippen molar-refractivity contribution in [1.82, 2.24) is 24.9 Å². The van der Waals surface area contributed by atoms with E-state index < -0.39 is 0 Å². The van der Waals surface area contributed by atoms with E-state index in [2.05, 4.69) is 38.8 Å². The lowest BCUT2D eigenvalue weighted by molar-refractivity contribution is 0.610. The molecule has 0 fully saturated rings. The second-order valence-electron chi connectivity index (χ2n) is 4.74. The fraction of sp³-hybridized carbons (Fsp3) is 0.308. The summed E-state index contributed by atoms with van der Waals surface area (Å²) >= 11 is 1.68. The highest BCUT2D eigenvalue weighted by Crippen LogP contribution is 2.27.